The van der Waals surface area contributed by atoms with E-state index < -0.39 is 9.05 Å². The summed E-state index contributed by atoms with van der Waals surface area (Å²) in [6.45, 7) is 11.7. The number of rotatable bonds is 26. The van der Waals surface area contributed by atoms with Gasteiger partial charge in [-0.05, 0) is 25.7 Å². The van der Waals surface area contributed by atoms with Crippen LogP contribution >= 0.6 is 0 Å². The fourth-order valence-corrected chi connectivity index (χ4v) is 5.58. The molecule has 0 saturated carbocycles. The maximum Gasteiger partial charge on any atom is 0.679 e. The molecular formula is C26H56O4Si. The van der Waals surface area contributed by atoms with Crippen molar-refractivity contribution in [2.45, 2.75) is 143 Å². The summed E-state index contributed by atoms with van der Waals surface area (Å²) in [6, 6.07) is 0. The van der Waals surface area contributed by atoms with Gasteiger partial charge in [-0.3, -0.25) is 0 Å². The summed E-state index contributed by atoms with van der Waals surface area (Å²) in [5, 5.41) is 0. The predicted octanol–water partition coefficient (Wildman–Crippen LogP) is 8.59. The zero-order valence-electron chi connectivity index (χ0n) is 21.7. The van der Waals surface area contributed by atoms with Crippen LogP contribution in [0.1, 0.15) is 143 Å². The number of hydrogen-bond donors (Lipinski definition) is 0. The van der Waals surface area contributed by atoms with Crippen LogP contribution in [-0.2, 0) is 17.7 Å². The van der Waals surface area contributed by atoms with Gasteiger partial charge in [-0.1, -0.05) is 118 Å². The maximum absolute atomic E-state index is 6.33. The van der Waals surface area contributed by atoms with Crippen molar-refractivity contribution in [2.75, 3.05) is 26.4 Å². The molecule has 0 spiro atoms. The van der Waals surface area contributed by atoms with Crippen molar-refractivity contribution in [3.8, 4) is 0 Å². The van der Waals surface area contributed by atoms with Crippen LogP contribution in [-0.4, -0.2) is 35.5 Å². The van der Waals surface area contributed by atoms with Crippen LogP contribution in [0.25, 0.3) is 0 Å². The maximum atomic E-state index is 6.33. The predicted molar refractivity (Wildman–Crippen MR) is 135 cm³/mol. The van der Waals surface area contributed by atoms with E-state index in [1.54, 1.807) is 0 Å². The normalized spacial score (nSPS) is 12.0. The zero-order chi connectivity index (χ0) is 22.9. The first-order valence-electron chi connectivity index (χ1n) is 13.8. The van der Waals surface area contributed by atoms with Gasteiger partial charge < -0.3 is 17.7 Å². The highest BCUT2D eigenvalue weighted by Crippen LogP contribution is 2.18. The summed E-state index contributed by atoms with van der Waals surface area (Å²) in [6.07, 6.45) is 21.8. The molecule has 0 atom stereocenters. The topological polar surface area (TPSA) is 36.9 Å². The first-order chi connectivity index (χ1) is 15.2. The average Bonchev–Trinajstić information content (AvgIpc) is 2.78. The third kappa shape index (κ3) is 20.4. The Labute approximate surface area is 196 Å². The molecule has 0 aliphatic carbocycles. The van der Waals surface area contributed by atoms with Gasteiger partial charge in [0.2, 0.25) is 0 Å². The lowest BCUT2D eigenvalue weighted by Gasteiger charge is -2.28. The number of unbranched alkanes of at least 4 members (excludes halogenated alkanes) is 14. The van der Waals surface area contributed by atoms with Crippen molar-refractivity contribution in [1.82, 2.24) is 0 Å². The summed E-state index contributed by atoms with van der Waals surface area (Å²) in [5.41, 5.74) is 0. The van der Waals surface area contributed by atoms with E-state index in [4.69, 9.17) is 17.7 Å². The Balaban J connectivity index is 4.68. The highest BCUT2D eigenvalue weighted by Gasteiger charge is 2.45. The van der Waals surface area contributed by atoms with Crippen LogP contribution in [0.3, 0.4) is 0 Å². The SMILES string of the molecule is CCCCCCCCO[Si](OCCCCCC)(OCCCCCC)OCCCCCC. The molecule has 0 bridgehead atoms. The summed E-state index contributed by atoms with van der Waals surface area (Å²) >= 11 is 0. The Hall–Kier alpha value is 0.0569. The second-order valence-electron chi connectivity index (χ2n) is 8.84. The Morgan fingerprint density at radius 1 is 0.323 bits per heavy atom. The van der Waals surface area contributed by atoms with Crippen LogP contribution in [0.5, 0.6) is 0 Å². The minimum atomic E-state index is -3.05. The third-order valence-electron chi connectivity index (χ3n) is 5.61. The fraction of sp³-hybridized carbons (Fsp3) is 1.00. The molecule has 0 rings (SSSR count). The smallest absolute Gasteiger partial charge is 0.351 e. The van der Waals surface area contributed by atoms with E-state index in [2.05, 4.69) is 27.7 Å². The Bertz CT molecular complexity index is 305. The minimum absolute atomic E-state index is 0.687. The first-order valence-corrected chi connectivity index (χ1v) is 15.4. The van der Waals surface area contributed by atoms with Crippen LogP contribution < -0.4 is 0 Å². The number of hydrogen-bond acceptors (Lipinski definition) is 4. The van der Waals surface area contributed by atoms with E-state index >= 15 is 0 Å². The van der Waals surface area contributed by atoms with Crippen molar-refractivity contribution in [3.05, 3.63) is 0 Å². The fourth-order valence-electron chi connectivity index (χ4n) is 3.51. The molecule has 0 unspecified atom stereocenters. The molecule has 0 amide bonds. The second kappa shape index (κ2) is 24.7. The summed E-state index contributed by atoms with van der Waals surface area (Å²) in [7, 11) is -3.05. The molecule has 0 saturated heterocycles. The minimum Gasteiger partial charge on any atom is -0.351 e. The molecule has 0 aliphatic rings. The van der Waals surface area contributed by atoms with Gasteiger partial charge in [-0.15, -0.1) is 0 Å². The molecule has 4 nitrogen and oxygen atoms in total. The van der Waals surface area contributed by atoms with E-state index in [-0.39, 0.29) is 0 Å². The molecule has 188 valence electrons. The van der Waals surface area contributed by atoms with Crippen molar-refractivity contribution < 1.29 is 17.7 Å². The molecule has 0 heterocycles. The zero-order valence-corrected chi connectivity index (χ0v) is 22.7. The van der Waals surface area contributed by atoms with E-state index in [1.807, 2.05) is 0 Å². The quantitative estimate of drug-likeness (QED) is 0.0956. The van der Waals surface area contributed by atoms with Crippen molar-refractivity contribution >= 4 is 9.05 Å². The highest BCUT2D eigenvalue weighted by molar-refractivity contribution is 6.53. The molecule has 0 aromatic rings. The lowest BCUT2D eigenvalue weighted by molar-refractivity contribution is -0.0375. The van der Waals surface area contributed by atoms with Gasteiger partial charge in [0.05, 0.1) is 0 Å². The Morgan fingerprint density at radius 3 is 0.839 bits per heavy atom. The molecule has 31 heavy (non-hydrogen) atoms. The molecule has 0 aromatic heterocycles. The van der Waals surface area contributed by atoms with Crippen LogP contribution in [0.15, 0.2) is 0 Å². The highest BCUT2D eigenvalue weighted by atomic mass is 28.4. The van der Waals surface area contributed by atoms with Gasteiger partial charge in [0, 0.05) is 26.4 Å². The summed E-state index contributed by atoms with van der Waals surface area (Å²) in [5.74, 6) is 0. The molecular weight excluding hydrogens is 404 g/mol. The standard InChI is InChI=1S/C26H56O4Si/c1-5-9-13-17-18-22-26-30-31(27-23-19-14-10-6-2,28-24-20-15-11-7-3)29-25-21-16-12-8-4/h5-26H2,1-4H3. The van der Waals surface area contributed by atoms with Crippen molar-refractivity contribution in [2.24, 2.45) is 0 Å². The van der Waals surface area contributed by atoms with Gasteiger partial charge >= 0.3 is 9.05 Å². The van der Waals surface area contributed by atoms with E-state index in [9.17, 15) is 0 Å². The van der Waals surface area contributed by atoms with Gasteiger partial charge in [0.15, 0.2) is 0 Å². The molecule has 0 fully saturated rings. The monoisotopic (exact) mass is 460 g/mol. The first kappa shape index (κ1) is 31.1. The van der Waals surface area contributed by atoms with Gasteiger partial charge in [0.1, 0.15) is 0 Å². The van der Waals surface area contributed by atoms with E-state index in [1.165, 1.54) is 89.9 Å². The van der Waals surface area contributed by atoms with Gasteiger partial charge in [-0.2, -0.15) is 0 Å². The van der Waals surface area contributed by atoms with Crippen molar-refractivity contribution in [3.63, 3.8) is 0 Å². The van der Waals surface area contributed by atoms with E-state index in [0.717, 1.165) is 25.7 Å². The Morgan fingerprint density at radius 2 is 0.548 bits per heavy atom. The molecule has 5 heteroatoms. The lowest BCUT2D eigenvalue weighted by atomic mass is 10.1. The molecule has 0 aromatic carbocycles. The molecule has 0 N–H and O–H groups in total. The Kier molecular flexibility index (Phi) is 24.7. The van der Waals surface area contributed by atoms with Gasteiger partial charge in [0.25, 0.3) is 0 Å². The summed E-state index contributed by atoms with van der Waals surface area (Å²) in [4.78, 5) is 0. The molecule has 0 aliphatic heterocycles. The second-order valence-corrected chi connectivity index (χ2v) is 11.0. The van der Waals surface area contributed by atoms with Crippen LogP contribution in [0, 0.1) is 0 Å². The van der Waals surface area contributed by atoms with Gasteiger partial charge in [-0.25, -0.2) is 0 Å². The van der Waals surface area contributed by atoms with E-state index in [0.29, 0.717) is 26.4 Å². The largest absolute Gasteiger partial charge is 0.679 e. The average molecular weight is 461 g/mol. The molecule has 0 radical (unpaired) electrons. The third-order valence-corrected chi connectivity index (χ3v) is 7.84. The lowest BCUT2D eigenvalue weighted by Crippen LogP contribution is -2.50. The van der Waals surface area contributed by atoms with Crippen LogP contribution in [0.4, 0.5) is 0 Å². The van der Waals surface area contributed by atoms with Crippen molar-refractivity contribution in [1.29, 1.82) is 0 Å². The van der Waals surface area contributed by atoms with Crippen LogP contribution in [0.2, 0.25) is 0 Å². The summed E-state index contributed by atoms with van der Waals surface area (Å²) < 4.78 is 25.2.